The lowest BCUT2D eigenvalue weighted by molar-refractivity contribution is 0.00691. The van der Waals surface area contributed by atoms with Gasteiger partial charge in [-0.3, -0.25) is 4.98 Å². The summed E-state index contributed by atoms with van der Waals surface area (Å²) in [5, 5.41) is 17.0. The van der Waals surface area contributed by atoms with Gasteiger partial charge in [0.15, 0.2) is 0 Å². The van der Waals surface area contributed by atoms with E-state index in [0.717, 1.165) is 16.8 Å². The van der Waals surface area contributed by atoms with Crippen molar-refractivity contribution in [2.24, 2.45) is 5.16 Å². The zero-order valence-electron chi connectivity index (χ0n) is 17.8. The highest BCUT2D eigenvalue weighted by atomic mass is 35.5. The third-order valence-electron chi connectivity index (χ3n) is 4.42. The minimum atomic E-state index is -0.590. The third-order valence-corrected chi connectivity index (χ3v) is 4.83. The molecule has 0 fully saturated rings. The maximum Gasteiger partial charge on any atom is 0.340 e. The molecule has 3 aromatic rings. The van der Waals surface area contributed by atoms with Gasteiger partial charge in [-0.1, -0.05) is 41.0 Å². The van der Waals surface area contributed by atoms with E-state index in [1.54, 1.807) is 18.3 Å². The first-order valence-corrected chi connectivity index (χ1v) is 10.1. The van der Waals surface area contributed by atoms with Crippen molar-refractivity contribution in [2.75, 3.05) is 5.32 Å². The van der Waals surface area contributed by atoms with Gasteiger partial charge in [0.1, 0.15) is 11.3 Å². The number of rotatable bonds is 5. The van der Waals surface area contributed by atoms with Crippen molar-refractivity contribution in [2.45, 2.75) is 33.3 Å². The number of aromatic nitrogens is 1. The number of benzene rings is 2. The average Bonchev–Trinajstić information content (AvgIpc) is 2.71. The van der Waals surface area contributed by atoms with Crippen LogP contribution in [0.1, 0.15) is 47.8 Å². The molecule has 0 aliphatic heterocycles. The third kappa shape index (κ3) is 5.61. The lowest BCUT2D eigenvalue weighted by Gasteiger charge is -2.19. The van der Waals surface area contributed by atoms with Crippen LogP contribution in [0.15, 0.2) is 66.1 Å². The van der Waals surface area contributed by atoms with E-state index in [4.69, 9.17) is 16.3 Å². The predicted molar refractivity (Wildman–Crippen MR) is 123 cm³/mol. The molecule has 160 valence electrons. The van der Waals surface area contributed by atoms with E-state index >= 15 is 0 Å². The quantitative estimate of drug-likeness (QED) is 0.222. The maximum absolute atomic E-state index is 12.3. The smallest absolute Gasteiger partial charge is 0.340 e. The number of pyridine rings is 1. The van der Waals surface area contributed by atoms with Crippen molar-refractivity contribution < 1.29 is 14.7 Å². The van der Waals surface area contributed by atoms with Crippen molar-refractivity contribution in [1.29, 1.82) is 0 Å². The van der Waals surface area contributed by atoms with Gasteiger partial charge in [0.05, 0.1) is 17.4 Å². The first kappa shape index (κ1) is 22.3. The number of halogens is 1. The van der Waals surface area contributed by atoms with Crippen molar-refractivity contribution in [1.82, 2.24) is 4.98 Å². The number of hydrogen-bond donors (Lipinski definition) is 2. The van der Waals surface area contributed by atoms with Crippen molar-refractivity contribution in [3.05, 3.63) is 88.2 Å². The van der Waals surface area contributed by atoms with E-state index in [2.05, 4.69) is 15.5 Å². The molecule has 3 rings (SSSR count). The largest absolute Gasteiger partial charge is 0.456 e. The van der Waals surface area contributed by atoms with E-state index in [9.17, 15) is 10.0 Å². The van der Waals surface area contributed by atoms with Crippen LogP contribution < -0.4 is 5.32 Å². The predicted octanol–water partition coefficient (Wildman–Crippen LogP) is 5.97. The summed E-state index contributed by atoms with van der Waals surface area (Å²) in [5.74, 6) is -0.441. The van der Waals surface area contributed by atoms with Gasteiger partial charge in [-0.15, -0.1) is 0 Å². The molecule has 7 heteroatoms. The van der Waals surface area contributed by atoms with Gasteiger partial charge >= 0.3 is 5.97 Å². The van der Waals surface area contributed by atoms with Crippen LogP contribution in [-0.2, 0) is 4.74 Å². The summed E-state index contributed by atoms with van der Waals surface area (Å²) in [5.41, 5.74) is 3.79. The molecule has 0 amide bonds. The number of nitrogens with one attached hydrogen (secondary N) is 1. The molecule has 31 heavy (non-hydrogen) atoms. The fraction of sp³-hybridized carbons (Fsp3) is 0.208. The van der Waals surface area contributed by atoms with Crippen molar-refractivity contribution >= 4 is 34.7 Å². The van der Waals surface area contributed by atoms with Crippen LogP contribution in [0.4, 0.5) is 11.4 Å². The molecule has 2 aromatic carbocycles. The Kier molecular flexibility index (Phi) is 6.61. The molecule has 2 N–H and O–H groups in total. The van der Waals surface area contributed by atoms with E-state index < -0.39 is 11.6 Å². The summed E-state index contributed by atoms with van der Waals surface area (Å²) in [6.07, 6.45) is 3.08. The molecular formula is C24H24ClN3O3. The summed E-state index contributed by atoms with van der Waals surface area (Å²) in [6.45, 7) is 7.31. The SMILES string of the molecule is Cc1c(Cl)cccc1/C(=N\O)c1cccc(Nc2cncc(C(=O)OC(C)(C)C)c2)c1. The van der Waals surface area contributed by atoms with Gasteiger partial charge in [-0.25, -0.2) is 4.79 Å². The van der Waals surface area contributed by atoms with Gasteiger partial charge < -0.3 is 15.3 Å². The molecule has 1 heterocycles. The molecule has 0 saturated carbocycles. The minimum absolute atomic E-state index is 0.350. The lowest BCUT2D eigenvalue weighted by Crippen LogP contribution is -2.24. The van der Waals surface area contributed by atoms with E-state index in [1.165, 1.54) is 6.20 Å². The summed E-state index contributed by atoms with van der Waals surface area (Å²) in [6, 6.07) is 14.5. The Hall–Kier alpha value is -3.38. The molecule has 0 atom stereocenters. The standard InChI is InChI=1S/C24H24ClN3O3/c1-15-20(9-6-10-21(15)25)22(28-30)16-7-5-8-18(11-16)27-19-12-17(13-26-14-19)23(29)31-24(2,3)4/h5-14,27,30H,1-4H3/b28-22-. The first-order valence-electron chi connectivity index (χ1n) is 9.71. The summed E-state index contributed by atoms with van der Waals surface area (Å²) in [4.78, 5) is 16.5. The summed E-state index contributed by atoms with van der Waals surface area (Å²) in [7, 11) is 0. The number of carbonyl (C=O) groups is 1. The topological polar surface area (TPSA) is 83.8 Å². The highest BCUT2D eigenvalue weighted by molar-refractivity contribution is 6.32. The summed E-state index contributed by atoms with van der Waals surface area (Å²) >= 11 is 6.23. The Bertz CT molecular complexity index is 1140. The van der Waals surface area contributed by atoms with Gasteiger partial charge in [0.25, 0.3) is 0 Å². The van der Waals surface area contributed by atoms with Gasteiger partial charge in [0, 0.05) is 28.0 Å². The second-order valence-corrected chi connectivity index (χ2v) is 8.44. The van der Waals surface area contributed by atoms with Crippen molar-refractivity contribution in [3.63, 3.8) is 0 Å². The van der Waals surface area contributed by atoms with Crippen molar-refractivity contribution in [3.8, 4) is 0 Å². The van der Waals surface area contributed by atoms with Gasteiger partial charge in [0.2, 0.25) is 0 Å². The number of hydrogen-bond acceptors (Lipinski definition) is 6. The zero-order valence-corrected chi connectivity index (χ0v) is 18.6. The average molecular weight is 438 g/mol. The van der Waals surface area contributed by atoms with Gasteiger partial charge in [-0.2, -0.15) is 0 Å². The molecule has 0 bridgehead atoms. The van der Waals surface area contributed by atoms with Crippen LogP contribution in [0.5, 0.6) is 0 Å². The zero-order chi connectivity index (χ0) is 22.6. The fourth-order valence-corrected chi connectivity index (χ4v) is 3.17. The number of ether oxygens (including phenoxy) is 1. The Morgan fingerprint density at radius 1 is 1.06 bits per heavy atom. The molecule has 0 aliphatic rings. The van der Waals surface area contributed by atoms with E-state index in [1.807, 2.05) is 64.1 Å². The van der Waals surface area contributed by atoms with E-state index in [-0.39, 0.29) is 0 Å². The maximum atomic E-state index is 12.3. The highest BCUT2D eigenvalue weighted by Crippen LogP contribution is 2.25. The van der Waals surface area contributed by atoms with E-state index in [0.29, 0.717) is 27.5 Å². The van der Waals surface area contributed by atoms with Crippen LogP contribution in [0.2, 0.25) is 5.02 Å². The normalized spacial score (nSPS) is 11.8. The molecule has 6 nitrogen and oxygen atoms in total. The molecule has 0 aliphatic carbocycles. The minimum Gasteiger partial charge on any atom is -0.456 e. The lowest BCUT2D eigenvalue weighted by atomic mass is 9.98. The highest BCUT2D eigenvalue weighted by Gasteiger charge is 2.18. The molecule has 0 unspecified atom stereocenters. The van der Waals surface area contributed by atoms with Crippen LogP contribution in [0, 0.1) is 6.92 Å². The second-order valence-electron chi connectivity index (χ2n) is 8.03. The van der Waals surface area contributed by atoms with Crippen LogP contribution in [-0.4, -0.2) is 27.5 Å². The Balaban J connectivity index is 1.87. The Morgan fingerprint density at radius 3 is 2.48 bits per heavy atom. The van der Waals surface area contributed by atoms with Crippen LogP contribution in [0.3, 0.4) is 0 Å². The monoisotopic (exact) mass is 437 g/mol. The number of oxime groups is 1. The number of carbonyl (C=O) groups excluding carboxylic acids is 1. The summed E-state index contributed by atoms with van der Waals surface area (Å²) < 4.78 is 5.40. The second kappa shape index (κ2) is 9.18. The molecule has 0 spiro atoms. The molecule has 0 saturated heterocycles. The van der Waals surface area contributed by atoms with Gasteiger partial charge in [-0.05, 0) is 57.5 Å². The molecular weight excluding hydrogens is 414 g/mol. The number of anilines is 2. The molecule has 1 aromatic heterocycles. The fourth-order valence-electron chi connectivity index (χ4n) is 3.00. The Labute approximate surface area is 186 Å². The molecule has 0 radical (unpaired) electrons. The number of nitrogens with zero attached hydrogens (tertiary/aromatic N) is 2. The van der Waals surface area contributed by atoms with Crippen LogP contribution in [0.25, 0.3) is 0 Å². The Morgan fingerprint density at radius 2 is 1.77 bits per heavy atom. The first-order chi connectivity index (χ1) is 14.7. The number of esters is 1. The van der Waals surface area contributed by atoms with Crippen LogP contribution >= 0.6 is 11.6 Å².